The first-order valence-corrected chi connectivity index (χ1v) is 9.29. The molecule has 1 atom stereocenters. The topological polar surface area (TPSA) is 80.7 Å². The molecule has 0 amide bonds. The molecule has 5 nitrogen and oxygen atoms in total. The van der Waals surface area contributed by atoms with Crippen LogP contribution in [0.25, 0.3) is 11.3 Å². The third-order valence-electron chi connectivity index (χ3n) is 3.44. The van der Waals surface area contributed by atoms with E-state index >= 15 is 0 Å². The quantitative estimate of drug-likeness (QED) is 0.379. The molecule has 0 N–H and O–H groups in total. The Morgan fingerprint density at radius 2 is 2.04 bits per heavy atom. The van der Waals surface area contributed by atoms with Gasteiger partial charge in [0.25, 0.3) is 5.03 Å². The molecule has 0 saturated carbocycles. The SMILES string of the molecule is N#CC(C(=O)CSc1cccc[n+]1[O-])c1nc(-c2ccccc2)cs1. The first-order chi connectivity index (χ1) is 12.2. The lowest BCUT2D eigenvalue weighted by Crippen LogP contribution is -2.28. The molecule has 1 unspecified atom stereocenters. The van der Waals surface area contributed by atoms with Crippen molar-refractivity contribution in [2.75, 3.05) is 5.75 Å². The lowest BCUT2D eigenvalue weighted by atomic mass is 10.1. The number of hydrogen-bond donors (Lipinski definition) is 0. The van der Waals surface area contributed by atoms with E-state index in [1.54, 1.807) is 18.2 Å². The number of thiazole rings is 1. The number of nitriles is 1. The van der Waals surface area contributed by atoms with E-state index in [4.69, 9.17) is 0 Å². The fraction of sp³-hybridized carbons (Fsp3) is 0.111. The molecule has 2 aromatic heterocycles. The van der Waals surface area contributed by atoms with Gasteiger partial charge in [0, 0.05) is 23.1 Å². The number of Topliss-reactive ketones (excluding diaryl/α,β-unsaturated/α-hetero) is 1. The maximum atomic E-state index is 12.4. The monoisotopic (exact) mass is 367 g/mol. The van der Waals surface area contributed by atoms with Gasteiger partial charge in [-0.1, -0.05) is 30.3 Å². The van der Waals surface area contributed by atoms with Crippen LogP contribution in [0.1, 0.15) is 10.9 Å². The molecule has 2 heterocycles. The van der Waals surface area contributed by atoms with Crippen LogP contribution < -0.4 is 4.73 Å². The highest BCUT2D eigenvalue weighted by atomic mass is 32.2. The van der Waals surface area contributed by atoms with E-state index in [0.717, 1.165) is 23.0 Å². The standard InChI is InChI=1S/C18H13N3O2S2/c19-10-14(16(22)12-24-17-8-4-5-9-21(17)23)18-20-15(11-25-18)13-6-2-1-3-7-13/h1-9,11,14H,12H2. The lowest BCUT2D eigenvalue weighted by molar-refractivity contribution is -0.645. The van der Waals surface area contributed by atoms with E-state index in [1.807, 2.05) is 41.8 Å². The van der Waals surface area contributed by atoms with Crippen molar-refractivity contribution >= 4 is 28.9 Å². The maximum absolute atomic E-state index is 12.4. The van der Waals surface area contributed by atoms with Crippen LogP contribution in [0.15, 0.2) is 65.1 Å². The molecule has 0 aliphatic rings. The van der Waals surface area contributed by atoms with Gasteiger partial charge < -0.3 is 5.21 Å². The summed E-state index contributed by atoms with van der Waals surface area (Å²) in [6.07, 6.45) is 1.38. The third-order valence-corrected chi connectivity index (χ3v) is 5.39. The number of carbonyl (C=O) groups excluding carboxylic acids is 1. The van der Waals surface area contributed by atoms with Gasteiger partial charge >= 0.3 is 0 Å². The van der Waals surface area contributed by atoms with Crippen molar-refractivity contribution < 1.29 is 9.52 Å². The summed E-state index contributed by atoms with van der Waals surface area (Å²) in [7, 11) is 0. The van der Waals surface area contributed by atoms with E-state index in [0.29, 0.717) is 14.8 Å². The molecule has 0 radical (unpaired) electrons. The summed E-state index contributed by atoms with van der Waals surface area (Å²) in [6, 6.07) is 16.6. The van der Waals surface area contributed by atoms with E-state index in [1.165, 1.54) is 17.5 Å². The third kappa shape index (κ3) is 4.05. The predicted molar refractivity (Wildman–Crippen MR) is 97.0 cm³/mol. The van der Waals surface area contributed by atoms with Crippen molar-refractivity contribution in [2.24, 2.45) is 0 Å². The number of rotatable bonds is 6. The second kappa shape index (κ2) is 7.92. The zero-order valence-corrected chi connectivity index (χ0v) is 14.7. The smallest absolute Gasteiger partial charge is 0.251 e. The van der Waals surface area contributed by atoms with Crippen LogP contribution in [-0.4, -0.2) is 16.5 Å². The lowest BCUT2D eigenvalue weighted by Gasteiger charge is -2.05. The summed E-state index contributed by atoms with van der Waals surface area (Å²) in [5.74, 6) is -1.13. The number of pyridine rings is 1. The summed E-state index contributed by atoms with van der Waals surface area (Å²) in [4.78, 5) is 16.9. The average Bonchev–Trinajstić information content (AvgIpc) is 3.12. The van der Waals surface area contributed by atoms with Gasteiger partial charge in [0.2, 0.25) is 0 Å². The van der Waals surface area contributed by atoms with Crippen molar-refractivity contribution in [3.8, 4) is 17.3 Å². The Labute approximate surface area is 153 Å². The van der Waals surface area contributed by atoms with E-state index in [9.17, 15) is 15.3 Å². The van der Waals surface area contributed by atoms with Gasteiger partial charge in [-0.15, -0.1) is 11.3 Å². The van der Waals surface area contributed by atoms with Crippen molar-refractivity contribution in [3.63, 3.8) is 0 Å². The Balaban J connectivity index is 1.72. The Hall–Kier alpha value is -2.69. The van der Waals surface area contributed by atoms with Gasteiger partial charge in [0.15, 0.2) is 17.9 Å². The predicted octanol–water partition coefficient (Wildman–Crippen LogP) is 3.41. The van der Waals surface area contributed by atoms with Gasteiger partial charge in [0.05, 0.1) is 17.5 Å². The van der Waals surface area contributed by atoms with Crippen LogP contribution in [0.5, 0.6) is 0 Å². The molecule has 3 aromatic rings. The van der Waals surface area contributed by atoms with Gasteiger partial charge in [-0.25, -0.2) is 4.98 Å². The van der Waals surface area contributed by atoms with Crippen molar-refractivity contribution in [1.29, 1.82) is 5.26 Å². The van der Waals surface area contributed by atoms with Crippen LogP contribution >= 0.6 is 23.1 Å². The summed E-state index contributed by atoms with van der Waals surface area (Å²) in [6.45, 7) is 0. The van der Waals surface area contributed by atoms with Crippen LogP contribution in [-0.2, 0) is 4.79 Å². The zero-order chi connectivity index (χ0) is 17.6. The maximum Gasteiger partial charge on any atom is 0.251 e. The highest BCUT2D eigenvalue weighted by Gasteiger charge is 2.24. The molecule has 1 aromatic carbocycles. The van der Waals surface area contributed by atoms with Crippen LogP contribution in [0.3, 0.4) is 0 Å². The minimum absolute atomic E-state index is 0.0464. The van der Waals surface area contributed by atoms with Gasteiger partial charge in [-0.3, -0.25) is 4.79 Å². The highest BCUT2D eigenvalue weighted by Crippen LogP contribution is 2.28. The van der Waals surface area contributed by atoms with Crippen molar-refractivity contribution in [3.05, 3.63) is 70.3 Å². The molecule has 7 heteroatoms. The molecule has 0 aliphatic heterocycles. The first-order valence-electron chi connectivity index (χ1n) is 7.43. The summed E-state index contributed by atoms with van der Waals surface area (Å²) in [5, 5.41) is 23.8. The van der Waals surface area contributed by atoms with Gasteiger partial charge in [-0.05, 0) is 17.8 Å². The molecular weight excluding hydrogens is 354 g/mol. The van der Waals surface area contributed by atoms with Crippen LogP contribution in [0.2, 0.25) is 0 Å². The second-order valence-corrected chi connectivity index (χ2v) is 7.00. The van der Waals surface area contributed by atoms with Crippen LogP contribution in [0, 0.1) is 16.5 Å². The number of ketones is 1. The largest absolute Gasteiger partial charge is 0.618 e. The number of nitrogens with zero attached hydrogens (tertiary/aromatic N) is 3. The molecule has 0 fully saturated rings. The molecule has 0 spiro atoms. The van der Waals surface area contributed by atoms with E-state index in [2.05, 4.69) is 4.98 Å². The van der Waals surface area contributed by atoms with E-state index in [-0.39, 0.29) is 11.5 Å². The molecule has 0 saturated heterocycles. The van der Waals surface area contributed by atoms with Crippen LogP contribution in [0.4, 0.5) is 0 Å². The normalized spacial score (nSPS) is 11.6. The molecule has 25 heavy (non-hydrogen) atoms. The summed E-state index contributed by atoms with van der Waals surface area (Å²) in [5.41, 5.74) is 1.70. The fourth-order valence-electron chi connectivity index (χ4n) is 2.18. The highest BCUT2D eigenvalue weighted by molar-refractivity contribution is 7.99. The van der Waals surface area contributed by atoms with Crippen molar-refractivity contribution in [1.82, 2.24) is 4.98 Å². The Morgan fingerprint density at radius 3 is 2.76 bits per heavy atom. The average molecular weight is 367 g/mol. The minimum atomic E-state index is -0.918. The molecule has 0 bridgehead atoms. The zero-order valence-electron chi connectivity index (χ0n) is 13.0. The molecule has 0 aliphatic carbocycles. The minimum Gasteiger partial charge on any atom is -0.618 e. The summed E-state index contributed by atoms with van der Waals surface area (Å²) >= 11 is 2.42. The molecule has 124 valence electrons. The number of benzene rings is 1. The summed E-state index contributed by atoms with van der Waals surface area (Å²) < 4.78 is 0.705. The number of hydrogen-bond acceptors (Lipinski definition) is 6. The second-order valence-electron chi connectivity index (χ2n) is 5.12. The number of aromatic nitrogens is 2. The number of thioether (sulfide) groups is 1. The van der Waals surface area contributed by atoms with Gasteiger partial charge in [0.1, 0.15) is 5.01 Å². The first kappa shape index (κ1) is 17.1. The molecule has 3 rings (SSSR count). The molecular formula is C18H13N3O2S2. The Kier molecular flexibility index (Phi) is 5.43. The fourth-order valence-corrected chi connectivity index (χ4v) is 3.89. The van der Waals surface area contributed by atoms with E-state index < -0.39 is 5.92 Å². The Morgan fingerprint density at radius 1 is 1.28 bits per heavy atom. The Bertz CT molecular complexity index is 919. The number of carbonyl (C=O) groups is 1. The van der Waals surface area contributed by atoms with Crippen molar-refractivity contribution in [2.45, 2.75) is 10.9 Å². The van der Waals surface area contributed by atoms with Gasteiger partial charge in [-0.2, -0.15) is 9.99 Å².